The molecule has 0 unspecified atom stereocenters. The standard InChI is InChI=1S/C17H24O4/c1-4-5-6-7-11-17(2,3)13-10-8-9-12(15(18)19)14(13)16(20)21/h8-10H,4-7,11H2,1-3H3,(H,18,19)(H,20,21). The van der Waals surface area contributed by atoms with Crippen molar-refractivity contribution in [2.45, 2.75) is 58.3 Å². The molecule has 0 amide bonds. The van der Waals surface area contributed by atoms with Crippen LogP contribution in [0.15, 0.2) is 18.2 Å². The lowest BCUT2D eigenvalue weighted by atomic mass is 9.76. The lowest BCUT2D eigenvalue weighted by Gasteiger charge is -2.27. The first kappa shape index (κ1) is 17.2. The Kier molecular flexibility index (Phi) is 5.94. The van der Waals surface area contributed by atoms with E-state index in [1.54, 1.807) is 12.1 Å². The van der Waals surface area contributed by atoms with E-state index in [2.05, 4.69) is 6.92 Å². The summed E-state index contributed by atoms with van der Waals surface area (Å²) in [6, 6.07) is 4.71. The van der Waals surface area contributed by atoms with Gasteiger partial charge in [0, 0.05) is 0 Å². The van der Waals surface area contributed by atoms with Crippen LogP contribution in [0.5, 0.6) is 0 Å². The van der Waals surface area contributed by atoms with Crippen molar-refractivity contribution < 1.29 is 19.8 Å². The molecule has 116 valence electrons. The molecule has 0 spiro atoms. The molecule has 0 aliphatic heterocycles. The molecule has 0 aliphatic carbocycles. The van der Waals surface area contributed by atoms with Crippen molar-refractivity contribution in [1.82, 2.24) is 0 Å². The predicted molar refractivity (Wildman–Crippen MR) is 82.1 cm³/mol. The summed E-state index contributed by atoms with van der Waals surface area (Å²) in [6.07, 6.45) is 5.28. The van der Waals surface area contributed by atoms with E-state index in [0.717, 1.165) is 32.1 Å². The van der Waals surface area contributed by atoms with Gasteiger partial charge in [-0.3, -0.25) is 0 Å². The Labute approximate surface area is 125 Å². The molecule has 0 saturated carbocycles. The molecule has 0 aliphatic rings. The fourth-order valence-electron chi connectivity index (χ4n) is 2.65. The number of hydrogen-bond acceptors (Lipinski definition) is 2. The summed E-state index contributed by atoms with van der Waals surface area (Å²) < 4.78 is 0. The van der Waals surface area contributed by atoms with Gasteiger partial charge >= 0.3 is 11.9 Å². The van der Waals surface area contributed by atoms with Crippen molar-refractivity contribution in [2.24, 2.45) is 0 Å². The van der Waals surface area contributed by atoms with Gasteiger partial charge in [-0.1, -0.05) is 58.6 Å². The fourth-order valence-corrected chi connectivity index (χ4v) is 2.65. The van der Waals surface area contributed by atoms with Crippen LogP contribution in [0.3, 0.4) is 0 Å². The largest absolute Gasteiger partial charge is 0.478 e. The molecule has 4 nitrogen and oxygen atoms in total. The van der Waals surface area contributed by atoms with E-state index in [0.29, 0.717) is 5.56 Å². The highest BCUT2D eigenvalue weighted by Crippen LogP contribution is 2.33. The van der Waals surface area contributed by atoms with Gasteiger partial charge in [0.2, 0.25) is 0 Å². The lowest BCUT2D eigenvalue weighted by Crippen LogP contribution is -2.23. The summed E-state index contributed by atoms with van der Waals surface area (Å²) in [4.78, 5) is 22.7. The average Bonchev–Trinajstić information content (AvgIpc) is 2.42. The Hall–Kier alpha value is -1.84. The fraction of sp³-hybridized carbons (Fsp3) is 0.529. The van der Waals surface area contributed by atoms with Crippen molar-refractivity contribution in [3.8, 4) is 0 Å². The number of carboxylic acid groups (broad SMARTS) is 2. The number of unbranched alkanes of at least 4 members (excludes halogenated alkanes) is 3. The Balaban J connectivity index is 3.13. The molecule has 21 heavy (non-hydrogen) atoms. The maximum absolute atomic E-state index is 11.5. The van der Waals surface area contributed by atoms with E-state index < -0.39 is 11.9 Å². The molecule has 1 rings (SSSR count). The van der Waals surface area contributed by atoms with Crippen LogP contribution < -0.4 is 0 Å². The number of carboxylic acids is 2. The first-order valence-electron chi connectivity index (χ1n) is 7.41. The van der Waals surface area contributed by atoms with Gasteiger partial charge < -0.3 is 10.2 Å². The molecule has 2 N–H and O–H groups in total. The van der Waals surface area contributed by atoms with Gasteiger partial charge in [0.05, 0.1) is 11.1 Å². The summed E-state index contributed by atoms with van der Waals surface area (Å²) in [7, 11) is 0. The SMILES string of the molecule is CCCCCCC(C)(C)c1cccc(C(=O)O)c1C(=O)O. The highest BCUT2D eigenvalue weighted by atomic mass is 16.4. The molecule has 0 bridgehead atoms. The molecule has 1 aromatic rings. The lowest BCUT2D eigenvalue weighted by molar-refractivity contribution is 0.0649. The molecule has 0 atom stereocenters. The van der Waals surface area contributed by atoms with Crippen molar-refractivity contribution in [3.63, 3.8) is 0 Å². The molecular formula is C17H24O4. The van der Waals surface area contributed by atoms with Crippen molar-refractivity contribution in [2.75, 3.05) is 0 Å². The number of carbonyl (C=O) groups is 2. The molecule has 4 heteroatoms. The zero-order chi connectivity index (χ0) is 16.0. The maximum atomic E-state index is 11.5. The zero-order valence-electron chi connectivity index (χ0n) is 13.0. The molecule has 0 saturated heterocycles. The molecule has 0 aromatic heterocycles. The van der Waals surface area contributed by atoms with Gasteiger partial charge in [-0.2, -0.15) is 0 Å². The highest BCUT2D eigenvalue weighted by Gasteiger charge is 2.29. The number of hydrogen-bond donors (Lipinski definition) is 2. The Morgan fingerprint density at radius 1 is 1.05 bits per heavy atom. The average molecular weight is 292 g/mol. The minimum atomic E-state index is -1.20. The van der Waals surface area contributed by atoms with Crippen molar-refractivity contribution in [3.05, 3.63) is 34.9 Å². The minimum absolute atomic E-state index is 0.0782. The van der Waals surface area contributed by atoms with E-state index in [4.69, 9.17) is 0 Å². The third-order valence-electron chi connectivity index (χ3n) is 3.89. The van der Waals surface area contributed by atoms with Crippen LogP contribution in [-0.4, -0.2) is 22.2 Å². The second kappa shape index (κ2) is 7.25. The van der Waals surface area contributed by atoms with Crippen molar-refractivity contribution >= 4 is 11.9 Å². The first-order valence-corrected chi connectivity index (χ1v) is 7.41. The van der Waals surface area contributed by atoms with Crippen LogP contribution in [0.2, 0.25) is 0 Å². The van der Waals surface area contributed by atoms with Crippen molar-refractivity contribution in [1.29, 1.82) is 0 Å². The van der Waals surface area contributed by atoms with Gasteiger partial charge in [0.15, 0.2) is 0 Å². The Morgan fingerprint density at radius 2 is 1.71 bits per heavy atom. The first-order chi connectivity index (χ1) is 9.81. The summed E-state index contributed by atoms with van der Waals surface area (Å²) in [5.74, 6) is -2.37. The predicted octanol–water partition coefficient (Wildman–Crippen LogP) is 4.33. The number of benzene rings is 1. The third-order valence-corrected chi connectivity index (χ3v) is 3.89. The van der Waals surface area contributed by atoms with Crippen LogP contribution in [0.25, 0.3) is 0 Å². The Morgan fingerprint density at radius 3 is 2.24 bits per heavy atom. The van der Waals surface area contributed by atoms with Gasteiger partial charge in [0.25, 0.3) is 0 Å². The van der Waals surface area contributed by atoms with Crippen LogP contribution in [0, 0.1) is 0 Å². The van der Waals surface area contributed by atoms with Crippen LogP contribution >= 0.6 is 0 Å². The second-order valence-electron chi connectivity index (χ2n) is 6.03. The van der Waals surface area contributed by atoms with Crippen LogP contribution in [0.4, 0.5) is 0 Å². The molecule has 0 heterocycles. The van der Waals surface area contributed by atoms with Gasteiger partial charge in [-0.05, 0) is 23.5 Å². The smallest absolute Gasteiger partial charge is 0.336 e. The second-order valence-corrected chi connectivity index (χ2v) is 6.03. The number of rotatable bonds is 8. The Bertz CT molecular complexity index is 518. The van der Waals surface area contributed by atoms with Crippen LogP contribution in [0.1, 0.15) is 79.2 Å². The van der Waals surface area contributed by atoms with E-state index in [-0.39, 0.29) is 16.5 Å². The molecule has 0 radical (unpaired) electrons. The van der Waals surface area contributed by atoms with E-state index >= 15 is 0 Å². The van der Waals surface area contributed by atoms with Gasteiger partial charge in [-0.15, -0.1) is 0 Å². The number of aromatic carboxylic acids is 2. The van der Waals surface area contributed by atoms with E-state index in [1.807, 2.05) is 13.8 Å². The topological polar surface area (TPSA) is 74.6 Å². The molecule has 1 aromatic carbocycles. The summed E-state index contributed by atoms with van der Waals surface area (Å²) in [6.45, 7) is 6.10. The van der Waals surface area contributed by atoms with Crippen LogP contribution in [-0.2, 0) is 5.41 Å². The quantitative estimate of drug-likeness (QED) is 0.699. The summed E-state index contributed by atoms with van der Waals surface area (Å²) >= 11 is 0. The van der Waals surface area contributed by atoms with Gasteiger partial charge in [0.1, 0.15) is 0 Å². The zero-order valence-corrected chi connectivity index (χ0v) is 13.0. The highest BCUT2D eigenvalue weighted by molar-refractivity contribution is 6.03. The summed E-state index contributed by atoms with van der Waals surface area (Å²) in [5, 5.41) is 18.6. The monoisotopic (exact) mass is 292 g/mol. The molecule has 0 fully saturated rings. The van der Waals surface area contributed by atoms with Gasteiger partial charge in [-0.25, -0.2) is 9.59 Å². The summed E-state index contributed by atoms with van der Waals surface area (Å²) in [5.41, 5.74) is 0.0333. The maximum Gasteiger partial charge on any atom is 0.336 e. The normalized spacial score (nSPS) is 11.4. The third kappa shape index (κ3) is 4.31. The van der Waals surface area contributed by atoms with E-state index in [1.165, 1.54) is 6.07 Å². The molecular weight excluding hydrogens is 268 g/mol. The van der Waals surface area contributed by atoms with E-state index in [9.17, 15) is 19.8 Å². The minimum Gasteiger partial charge on any atom is -0.478 e.